The molecule has 0 saturated heterocycles. The minimum Gasteiger partial charge on any atom is -0.306 e. The molecule has 2 rings (SSSR count). The third-order valence-corrected chi connectivity index (χ3v) is 2.76. The summed E-state index contributed by atoms with van der Waals surface area (Å²) in [6.07, 6.45) is 4.44. The number of hydrogen-bond donors (Lipinski definition) is 2. The van der Waals surface area contributed by atoms with Gasteiger partial charge in [0.25, 0.3) is 17.4 Å². The van der Waals surface area contributed by atoms with Gasteiger partial charge in [0.1, 0.15) is 6.54 Å². The average Bonchev–Trinajstić information content (AvgIpc) is 2.54. The molecule has 1 heterocycles. The average molecular weight is 297 g/mol. The lowest BCUT2D eigenvalue weighted by atomic mass is 10.2. The monoisotopic (exact) mass is 297 g/mol. The highest BCUT2D eigenvalue weighted by molar-refractivity contribution is 5.93. The second-order valence-electron chi connectivity index (χ2n) is 4.45. The maximum atomic E-state index is 11.6. The van der Waals surface area contributed by atoms with E-state index in [0.717, 1.165) is 5.56 Å². The van der Waals surface area contributed by atoms with Gasteiger partial charge in [-0.1, -0.05) is 36.4 Å². The van der Waals surface area contributed by atoms with Crippen LogP contribution >= 0.6 is 0 Å². The molecule has 0 radical (unpaired) electrons. The fraction of sp³-hybridized carbons (Fsp3) is 0.0625. The van der Waals surface area contributed by atoms with Crippen molar-refractivity contribution in [2.24, 2.45) is 0 Å². The number of rotatable bonds is 4. The van der Waals surface area contributed by atoms with Crippen LogP contribution in [-0.2, 0) is 16.1 Å². The smallest absolute Gasteiger partial charge is 0.262 e. The number of carbonyl (C=O) groups is 2. The van der Waals surface area contributed by atoms with Gasteiger partial charge in [-0.05, 0) is 17.7 Å². The van der Waals surface area contributed by atoms with Crippen molar-refractivity contribution in [3.05, 3.63) is 76.7 Å². The Morgan fingerprint density at radius 1 is 1.00 bits per heavy atom. The van der Waals surface area contributed by atoms with Gasteiger partial charge in [0.05, 0.1) is 0 Å². The van der Waals surface area contributed by atoms with Crippen LogP contribution in [0, 0.1) is 0 Å². The summed E-state index contributed by atoms with van der Waals surface area (Å²) in [5.74, 6) is -0.952. The van der Waals surface area contributed by atoms with Crippen molar-refractivity contribution in [1.29, 1.82) is 0 Å². The molecule has 0 spiro atoms. The number of nitrogens with one attached hydrogen (secondary N) is 2. The first-order chi connectivity index (χ1) is 10.6. The number of nitrogens with zero attached hydrogens (tertiary/aromatic N) is 1. The van der Waals surface area contributed by atoms with Gasteiger partial charge >= 0.3 is 0 Å². The Morgan fingerprint density at radius 3 is 2.45 bits per heavy atom. The van der Waals surface area contributed by atoms with Crippen molar-refractivity contribution in [1.82, 2.24) is 15.4 Å². The number of pyridine rings is 1. The Morgan fingerprint density at radius 2 is 1.73 bits per heavy atom. The Bertz CT molecular complexity index is 736. The summed E-state index contributed by atoms with van der Waals surface area (Å²) in [5.41, 5.74) is 5.09. The van der Waals surface area contributed by atoms with Gasteiger partial charge in [0.2, 0.25) is 0 Å². The van der Waals surface area contributed by atoms with E-state index in [1.54, 1.807) is 18.2 Å². The lowest BCUT2D eigenvalue weighted by Crippen LogP contribution is -2.43. The normalized spacial score (nSPS) is 10.4. The molecule has 22 heavy (non-hydrogen) atoms. The maximum Gasteiger partial charge on any atom is 0.262 e. The van der Waals surface area contributed by atoms with E-state index in [2.05, 4.69) is 10.9 Å². The zero-order valence-corrected chi connectivity index (χ0v) is 11.7. The fourth-order valence-corrected chi connectivity index (χ4v) is 1.69. The molecule has 6 heteroatoms. The molecule has 0 fully saturated rings. The Labute approximate surface area is 127 Å². The van der Waals surface area contributed by atoms with Gasteiger partial charge in [-0.15, -0.1) is 0 Å². The summed E-state index contributed by atoms with van der Waals surface area (Å²) in [6, 6.07) is 13.9. The lowest BCUT2D eigenvalue weighted by molar-refractivity contribution is -0.127. The number of benzene rings is 1. The Kier molecular flexibility index (Phi) is 5.25. The van der Waals surface area contributed by atoms with Crippen molar-refractivity contribution in [3.8, 4) is 0 Å². The van der Waals surface area contributed by atoms with E-state index in [-0.39, 0.29) is 12.1 Å². The molecule has 0 aliphatic carbocycles. The number of hydrazine groups is 1. The van der Waals surface area contributed by atoms with Crippen LogP contribution in [-0.4, -0.2) is 16.4 Å². The Hall–Kier alpha value is -3.15. The molecule has 112 valence electrons. The summed E-state index contributed by atoms with van der Waals surface area (Å²) in [4.78, 5) is 34.6. The summed E-state index contributed by atoms with van der Waals surface area (Å²) in [6.45, 7) is -0.164. The van der Waals surface area contributed by atoms with Crippen molar-refractivity contribution in [3.63, 3.8) is 0 Å². The van der Waals surface area contributed by atoms with Gasteiger partial charge in [-0.25, -0.2) is 0 Å². The first-order valence-electron chi connectivity index (χ1n) is 6.62. The van der Waals surface area contributed by atoms with Crippen LogP contribution in [0.4, 0.5) is 0 Å². The van der Waals surface area contributed by atoms with Crippen LogP contribution in [0.3, 0.4) is 0 Å². The summed E-state index contributed by atoms with van der Waals surface area (Å²) >= 11 is 0. The number of aromatic nitrogens is 1. The molecule has 2 aromatic rings. The molecular formula is C16H15N3O3. The summed E-state index contributed by atoms with van der Waals surface area (Å²) < 4.78 is 1.24. The summed E-state index contributed by atoms with van der Waals surface area (Å²) in [7, 11) is 0. The van der Waals surface area contributed by atoms with E-state index in [0.29, 0.717) is 0 Å². The molecule has 1 aromatic carbocycles. The van der Waals surface area contributed by atoms with E-state index in [1.807, 2.05) is 30.3 Å². The molecule has 0 saturated carbocycles. The largest absolute Gasteiger partial charge is 0.306 e. The number of hydrogen-bond acceptors (Lipinski definition) is 3. The zero-order valence-electron chi connectivity index (χ0n) is 11.7. The topological polar surface area (TPSA) is 80.2 Å². The number of carbonyl (C=O) groups excluding carboxylic acids is 2. The maximum absolute atomic E-state index is 11.6. The van der Waals surface area contributed by atoms with Gasteiger partial charge in [-0.2, -0.15) is 0 Å². The fourth-order valence-electron chi connectivity index (χ4n) is 1.69. The second kappa shape index (κ2) is 7.58. The third-order valence-electron chi connectivity index (χ3n) is 2.76. The van der Waals surface area contributed by atoms with Crippen molar-refractivity contribution in [2.75, 3.05) is 0 Å². The molecular weight excluding hydrogens is 282 g/mol. The minimum atomic E-state index is -0.491. The zero-order chi connectivity index (χ0) is 15.8. The summed E-state index contributed by atoms with van der Waals surface area (Å²) in [5, 5.41) is 0. The van der Waals surface area contributed by atoms with Gasteiger partial charge in [0, 0.05) is 18.3 Å². The second-order valence-corrected chi connectivity index (χ2v) is 4.45. The lowest BCUT2D eigenvalue weighted by Gasteiger charge is -2.06. The quantitative estimate of drug-likeness (QED) is 0.644. The van der Waals surface area contributed by atoms with Crippen LogP contribution in [0.5, 0.6) is 0 Å². The molecule has 0 bridgehead atoms. The van der Waals surface area contributed by atoms with Gasteiger partial charge < -0.3 is 4.57 Å². The van der Waals surface area contributed by atoms with Crippen LogP contribution in [0.1, 0.15) is 5.56 Å². The van der Waals surface area contributed by atoms with E-state index >= 15 is 0 Å². The van der Waals surface area contributed by atoms with Gasteiger partial charge in [-0.3, -0.25) is 25.2 Å². The highest BCUT2D eigenvalue weighted by Gasteiger charge is 2.04. The van der Waals surface area contributed by atoms with Crippen LogP contribution < -0.4 is 16.4 Å². The van der Waals surface area contributed by atoms with E-state index in [4.69, 9.17) is 0 Å². The van der Waals surface area contributed by atoms with Crippen molar-refractivity contribution in [2.45, 2.75) is 6.54 Å². The van der Waals surface area contributed by atoms with Crippen LogP contribution in [0.2, 0.25) is 0 Å². The SMILES string of the molecule is O=C(/C=C/c1ccccc1)NNC(=O)Cn1ccccc1=O. The highest BCUT2D eigenvalue weighted by atomic mass is 16.2. The first-order valence-corrected chi connectivity index (χ1v) is 6.62. The van der Waals surface area contributed by atoms with Crippen LogP contribution in [0.15, 0.2) is 65.6 Å². The molecule has 2 amide bonds. The van der Waals surface area contributed by atoms with E-state index in [1.165, 1.54) is 22.9 Å². The minimum absolute atomic E-state index is 0.164. The van der Waals surface area contributed by atoms with Crippen molar-refractivity contribution < 1.29 is 9.59 Å². The highest BCUT2D eigenvalue weighted by Crippen LogP contribution is 2.00. The number of amides is 2. The Balaban J connectivity index is 1.81. The molecule has 0 aliphatic heterocycles. The third kappa shape index (κ3) is 4.75. The molecule has 0 aliphatic rings. The predicted octanol–water partition coefficient (Wildman–Crippen LogP) is 0.709. The predicted molar refractivity (Wildman–Crippen MR) is 82.5 cm³/mol. The molecule has 2 N–H and O–H groups in total. The van der Waals surface area contributed by atoms with Gasteiger partial charge in [0.15, 0.2) is 0 Å². The van der Waals surface area contributed by atoms with Crippen molar-refractivity contribution >= 4 is 17.9 Å². The molecule has 0 unspecified atom stereocenters. The van der Waals surface area contributed by atoms with E-state index < -0.39 is 11.8 Å². The molecule has 0 atom stereocenters. The molecule has 1 aromatic heterocycles. The molecule has 6 nitrogen and oxygen atoms in total. The van der Waals surface area contributed by atoms with Crippen LogP contribution in [0.25, 0.3) is 6.08 Å². The first kappa shape index (κ1) is 15.2. The standard InChI is InChI=1S/C16H15N3O3/c20-14(10-9-13-6-2-1-3-7-13)17-18-15(21)12-19-11-5-4-8-16(19)22/h1-11H,12H2,(H,17,20)(H,18,21)/b10-9+. The van der Waals surface area contributed by atoms with E-state index in [9.17, 15) is 14.4 Å².